The Hall–Kier alpha value is -1.16. The van der Waals surface area contributed by atoms with E-state index < -0.39 is 0 Å². The summed E-state index contributed by atoms with van der Waals surface area (Å²) < 4.78 is 13.0. The van der Waals surface area contributed by atoms with Gasteiger partial charge in [0.15, 0.2) is 0 Å². The number of anilines is 1. The lowest BCUT2D eigenvalue weighted by molar-refractivity contribution is 0.615. The predicted octanol–water partition coefficient (Wildman–Crippen LogP) is 1.54. The van der Waals surface area contributed by atoms with E-state index in [-0.39, 0.29) is 5.82 Å². The molecule has 3 nitrogen and oxygen atoms in total. The zero-order chi connectivity index (χ0) is 10.8. The van der Waals surface area contributed by atoms with Crippen LogP contribution in [0.4, 0.5) is 10.2 Å². The summed E-state index contributed by atoms with van der Waals surface area (Å²) in [5.41, 5.74) is 0.923. The number of halogens is 1. The van der Waals surface area contributed by atoms with Crippen LogP contribution in [0.25, 0.3) is 0 Å². The Kier molecular flexibility index (Phi) is 2.86. The molecular formula is C11H16FN3. The Bertz CT molecular complexity index is 350. The van der Waals surface area contributed by atoms with Gasteiger partial charge in [0.25, 0.3) is 0 Å². The molecule has 1 fully saturated rings. The molecule has 0 bridgehead atoms. The molecule has 0 aliphatic heterocycles. The molecule has 0 radical (unpaired) electrons. The molecule has 0 aromatic carbocycles. The maximum absolute atomic E-state index is 13.0. The summed E-state index contributed by atoms with van der Waals surface area (Å²) in [6.45, 7) is 0.650. The van der Waals surface area contributed by atoms with E-state index in [1.54, 1.807) is 6.07 Å². The third-order valence-corrected chi connectivity index (χ3v) is 2.71. The first-order valence-corrected chi connectivity index (χ1v) is 5.24. The number of pyridine rings is 1. The lowest BCUT2D eigenvalue weighted by atomic mass is 10.2. The summed E-state index contributed by atoms with van der Waals surface area (Å²) >= 11 is 0. The maximum atomic E-state index is 13.0. The van der Waals surface area contributed by atoms with Crippen LogP contribution in [-0.2, 0) is 6.54 Å². The highest BCUT2D eigenvalue weighted by Crippen LogP contribution is 2.30. The Balaban J connectivity index is 2.27. The Morgan fingerprint density at radius 2 is 2.33 bits per heavy atom. The van der Waals surface area contributed by atoms with Crippen molar-refractivity contribution in [3.05, 3.63) is 23.6 Å². The van der Waals surface area contributed by atoms with E-state index in [0.717, 1.165) is 11.4 Å². The molecule has 1 saturated carbocycles. The molecule has 1 N–H and O–H groups in total. The summed E-state index contributed by atoms with van der Waals surface area (Å²) in [7, 11) is 3.88. The average Bonchev–Trinajstić information content (AvgIpc) is 3.01. The summed E-state index contributed by atoms with van der Waals surface area (Å²) in [5, 5.41) is 3.03. The van der Waals surface area contributed by atoms with Gasteiger partial charge in [-0.25, -0.2) is 9.37 Å². The first-order valence-electron chi connectivity index (χ1n) is 5.24. The molecule has 1 aromatic rings. The van der Waals surface area contributed by atoms with Gasteiger partial charge in [0.1, 0.15) is 11.6 Å². The van der Waals surface area contributed by atoms with Gasteiger partial charge in [-0.05, 0) is 26.0 Å². The van der Waals surface area contributed by atoms with Crippen molar-refractivity contribution in [1.29, 1.82) is 0 Å². The van der Waals surface area contributed by atoms with Gasteiger partial charge in [0.2, 0.25) is 0 Å². The first kappa shape index (κ1) is 10.4. The van der Waals surface area contributed by atoms with Crippen molar-refractivity contribution < 1.29 is 4.39 Å². The molecule has 0 amide bonds. The second kappa shape index (κ2) is 4.14. The molecule has 0 atom stereocenters. The van der Waals surface area contributed by atoms with Crippen LogP contribution in [0.15, 0.2) is 12.3 Å². The Morgan fingerprint density at radius 3 is 2.93 bits per heavy atom. The molecular weight excluding hydrogens is 193 g/mol. The number of hydrogen-bond acceptors (Lipinski definition) is 3. The van der Waals surface area contributed by atoms with Gasteiger partial charge >= 0.3 is 0 Å². The molecule has 82 valence electrons. The predicted molar refractivity (Wildman–Crippen MR) is 58.4 cm³/mol. The van der Waals surface area contributed by atoms with Gasteiger partial charge in [0, 0.05) is 25.2 Å². The van der Waals surface area contributed by atoms with E-state index in [0.29, 0.717) is 12.6 Å². The van der Waals surface area contributed by atoms with Gasteiger partial charge in [-0.15, -0.1) is 0 Å². The molecule has 1 aliphatic rings. The largest absolute Gasteiger partial charge is 0.356 e. The molecule has 1 aromatic heterocycles. The molecule has 0 saturated heterocycles. The lowest BCUT2D eigenvalue weighted by Gasteiger charge is -2.20. The van der Waals surface area contributed by atoms with Crippen LogP contribution in [0.5, 0.6) is 0 Å². The third-order valence-electron chi connectivity index (χ3n) is 2.71. The van der Waals surface area contributed by atoms with Gasteiger partial charge in [-0.3, -0.25) is 0 Å². The minimum absolute atomic E-state index is 0.270. The maximum Gasteiger partial charge on any atom is 0.141 e. The Labute approximate surface area is 89.3 Å². The number of hydrogen-bond donors (Lipinski definition) is 1. The summed E-state index contributed by atoms with van der Waals surface area (Å²) in [5.74, 6) is 0.626. The zero-order valence-electron chi connectivity index (χ0n) is 9.13. The molecule has 1 aliphatic carbocycles. The van der Waals surface area contributed by atoms with E-state index in [9.17, 15) is 4.39 Å². The number of nitrogens with zero attached hydrogens (tertiary/aromatic N) is 2. The van der Waals surface area contributed by atoms with Crippen LogP contribution in [0.2, 0.25) is 0 Å². The standard InChI is InChI=1S/C11H16FN3/c1-13-6-8-5-9(12)7-14-11(8)15(2)10-3-4-10/h5,7,10,13H,3-4,6H2,1-2H3. The normalized spacial score (nSPS) is 15.4. The number of aromatic nitrogens is 1. The molecule has 0 spiro atoms. The highest BCUT2D eigenvalue weighted by atomic mass is 19.1. The number of nitrogens with one attached hydrogen (secondary N) is 1. The molecule has 4 heteroatoms. The minimum Gasteiger partial charge on any atom is -0.356 e. The fourth-order valence-corrected chi connectivity index (χ4v) is 1.75. The van der Waals surface area contributed by atoms with Crippen LogP contribution in [0.1, 0.15) is 18.4 Å². The lowest BCUT2D eigenvalue weighted by Crippen LogP contribution is -2.23. The minimum atomic E-state index is -0.270. The van der Waals surface area contributed by atoms with E-state index >= 15 is 0 Å². The van der Waals surface area contributed by atoms with Crippen LogP contribution >= 0.6 is 0 Å². The van der Waals surface area contributed by atoms with Gasteiger partial charge in [0.05, 0.1) is 6.20 Å². The zero-order valence-corrected chi connectivity index (χ0v) is 9.13. The van der Waals surface area contributed by atoms with Crippen molar-refractivity contribution in [2.24, 2.45) is 0 Å². The summed E-state index contributed by atoms with van der Waals surface area (Å²) in [6.07, 6.45) is 3.72. The Morgan fingerprint density at radius 1 is 1.60 bits per heavy atom. The van der Waals surface area contributed by atoms with Crippen molar-refractivity contribution >= 4 is 5.82 Å². The van der Waals surface area contributed by atoms with Crippen LogP contribution < -0.4 is 10.2 Å². The van der Waals surface area contributed by atoms with E-state index in [2.05, 4.69) is 15.2 Å². The van der Waals surface area contributed by atoms with E-state index in [4.69, 9.17) is 0 Å². The molecule has 1 heterocycles. The fraction of sp³-hybridized carbons (Fsp3) is 0.545. The number of rotatable bonds is 4. The summed E-state index contributed by atoms with van der Waals surface area (Å²) in [6, 6.07) is 2.15. The summed E-state index contributed by atoms with van der Waals surface area (Å²) in [4.78, 5) is 6.31. The van der Waals surface area contributed by atoms with Crippen LogP contribution in [0.3, 0.4) is 0 Å². The van der Waals surface area contributed by atoms with Crippen LogP contribution in [-0.4, -0.2) is 25.1 Å². The smallest absolute Gasteiger partial charge is 0.141 e. The highest BCUT2D eigenvalue weighted by Gasteiger charge is 2.28. The van der Waals surface area contributed by atoms with Gasteiger partial charge in [-0.1, -0.05) is 0 Å². The van der Waals surface area contributed by atoms with E-state index in [1.807, 2.05) is 14.1 Å². The topological polar surface area (TPSA) is 28.2 Å². The molecule has 15 heavy (non-hydrogen) atoms. The van der Waals surface area contributed by atoms with Crippen molar-refractivity contribution in [3.63, 3.8) is 0 Å². The first-order chi connectivity index (χ1) is 7.22. The highest BCUT2D eigenvalue weighted by molar-refractivity contribution is 5.48. The second-order valence-electron chi connectivity index (χ2n) is 4.01. The van der Waals surface area contributed by atoms with Gasteiger partial charge in [-0.2, -0.15) is 0 Å². The van der Waals surface area contributed by atoms with E-state index in [1.165, 1.54) is 19.0 Å². The SMILES string of the molecule is CNCc1cc(F)cnc1N(C)C1CC1. The van der Waals surface area contributed by atoms with Crippen molar-refractivity contribution in [2.45, 2.75) is 25.4 Å². The van der Waals surface area contributed by atoms with Crippen LogP contribution in [0, 0.1) is 5.82 Å². The van der Waals surface area contributed by atoms with Crippen molar-refractivity contribution in [3.8, 4) is 0 Å². The third kappa shape index (κ3) is 2.26. The quantitative estimate of drug-likeness (QED) is 0.815. The monoisotopic (exact) mass is 209 g/mol. The van der Waals surface area contributed by atoms with Crippen molar-refractivity contribution in [1.82, 2.24) is 10.3 Å². The second-order valence-corrected chi connectivity index (χ2v) is 4.01. The fourth-order valence-electron chi connectivity index (χ4n) is 1.75. The van der Waals surface area contributed by atoms with Gasteiger partial charge < -0.3 is 10.2 Å². The molecule has 0 unspecified atom stereocenters. The average molecular weight is 209 g/mol. The van der Waals surface area contributed by atoms with Crippen molar-refractivity contribution in [2.75, 3.05) is 19.0 Å². The molecule has 2 rings (SSSR count).